The SMILES string of the molecule is Clc1cccnc1Cl.NC(=O)C1CCN(c2ncncc2Cl)CC1.NC(=O)C1CCNCC1. The van der Waals surface area contributed by atoms with Crippen molar-refractivity contribution in [2.24, 2.45) is 23.3 Å². The molecule has 2 aliphatic rings. The van der Waals surface area contributed by atoms with Gasteiger partial charge in [0.15, 0.2) is 5.82 Å². The van der Waals surface area contributed by atoms with E-state index < -0.39 is 0 Å². The van der Waals surface area contributed by atoms with Crippen LogP contribution in [0.3, 0.4) is 0 Å². The van der Waals surface area contributed by atoms with Gasteiger partial charge in [-0.25, -0.2) is 15.0 Å². The fourth-order valence-electron chi connectivity index (χ4n) is 3.39. The molecule has 4 heterocycles. The molecule has 2 aromatic heterocycles. The molecule has 0 bridgehead atoms. The first-order chi connectivity index (χ1) is 15.8. The van der Waals surface area contributed by atoms with Crippen LogP contribution in [0.5, 0.6) is 0 Å². The zero-order valence-corrected chi connectivity index (χ0v) is 20.4. The van der Waals surface area contributed by atoms with Crippen LogP contribution in [0.2, 0.25) is 15.2 Å². The number of piperidine rings is 2. The first kappa shape index (κ1) is 27.0. The Balaban J connectivity index is 0.000000192. The summed E-state index contributed by atoms with van der Waals surface area (Å²) in [7, 11) is 0. The van der Waals surface area contributed by atoms with Crippen LogP contribution in [0.4, 0.5) is 5.82 Å². The summed E-state index contributed by atoms with van der Waals surface area (Å²) in [4.78, 5) is 35.3. The minimum Gasteiger partial charge on any atom is -0.369 e. The Morgan fingerprint density at radius 3 is 2.00 bits per heavy atom. The number of nitrogens with two attached hydrogens (primary N) is 2. The summed E-state index contributed by atoms with van der Waals surface area (Å²) < 4.78 is 0. The van der Waals surface area contributed by atoms with Gasteiger partial charge in [-0.2, -0.15) is 0 Å². The fourth-order valence-corrected chi connectivity index (χ4v) is 3.85. The average molecular weight is 517 g/mol. The lowest BCUT2D eigenvalue weighted by Gasteiger charge is -2.31. The van der Waals surface area contributed by atoms with Crippen LogP contribution in [0.25, 0.3) is 0 Å². The van der Waals surface area contributed by atoms with Gasteiger partial charge in [0.2, 0.25) is 11.8 Å². The Bertz CT molecular complexity index is 884. The minimum atomic E-state index is -0.214. The molecule has 2 aromatic rings. The van der Waals surface area contributed by atoms with Gasteiger partial charge >= 0.3 is 0 Å². The number of nitrogens with zero attached hydrogens (tertiary/aromatic N) is 4. The number of primary amides is 2. The maximum atomic E-state index is 11.0. The minimum absolute atomic E-state index is 0.0168. The highest BCUT2D eigenvalue weighted by molar-refractivity contribution is 6.41. The third-order valence-corrected chi connectivity index (χ3v) is 6.27. The molecule has 2 aliphatic heterocycles. The third-order valence-electron chi connectivity index (χ3n) is 5.30. The molecule has 0 aliphatic carbocycles. The number of hydrogen-bond acceptors (Lipinski definition) is 7. The average Bonchev–Trinajstić information content (AvgIpc) is 2.83. The van der Waals surface area contributed by atoms with Gasteiger partial charge in [0.1, 0.15) is 16.5 Å². The van der Waals surface area contributed by atoms with E-state index in [9.17, 15) is 9.59 Å². The van der Waals surface area contributed by atoms with Gasteiger partial charge < -0.3 is 21.7 Å². The molecular formula is C21H28Cl3N7O2. The summed E-state index contributed by atoms with van der Waals surface area (Å²) in [6.07, 6.45) is 7.98. The van der Waals surface area contributed by atoms with Gasteiger partial charge in [0.25, 0.3) is 0 Å². The molecule has 33 heavy (non-hydrogen) atoms. The lowest BCUT2D eigenvalue weighted by Crippen LogP contribution is -2.39. The highest BCUT2D eigenvalue weighted by Crippen LogP contribution is 2.26. The van der Waals surface area contributed by atoms with Crippen molar-refractivity contribution in [3.05, 3.63) is 46.1 Å². The molecule has 5 N–H and O–H groups in total. The number of carbonyl (C=O) groups is 2. The fraction of sp³-hybridized carbons (Fsp3) is 0.476. The van der Waals surface area contributed by atoms with E-state index in [2.05, 4.69) is 25.2 Å². The Morgan fingerprint density at radius 2 is 1.55 bits per heavy atom. The van der Waals surface area contributed by atoms with Gasteiger partial charge in [-0.1, -0.05) is 34.8 Å². The maximum Gasteiger partial charge on any atom is 0.220 e. The van der Waals surface area contributed by atoms with Crippen molar-refractivity contribution in [2.45, 2.75) is 25.7 Å². The predicted molar refractivity (Wildman–Crippen MR) is 130 cm³/mol. The number of amides is 2. The number of hydrogen-bond donors (Lipinski definition) is 3. The number of nitrogens with one attached hydrogen (secondary N) is 1. The molecule has 2 fully saturated rings. The van der Waals surface area contributed by atoms with Crippen molar-refractivity contribution < 1.29 is 9.59 Å². The predicted octanol–water partition coefficient (Wildman–Crippen LogP) is 2.69. The van der Waals surface area contributed by atoms with E-state index in [1.807, 2.05) is 0 Å². The van der Waals surface area contributed by atoms with E-state index in [0.717, 1.165) is 57.7 Å². The van der Waals surface area contributed by atoms with Gasteiger partial charge in [-0.3, -0.25) is 9.59 Å². The lowest BCUT2D eigenvalue weighted by atomic mass is 9.96. The number of carbonyl (C=O) groups excluding carboxylic acids is 2. The van der Waals surface area contributed by atoms with E-state index in [1.165, 1.54) is 6.33 Å². The Labute approximate surface area is 208 Å². The highest BCUT2D eigenvalue weighted by atomic mass is 35.5. The van der Waals surface area contributed by atoms with E-state index in [0.29, 0.717) is 15.2 Å². The van der Waals surface area contributed by atoms with Gasteiger partial charge in [-0.15, -0.1) is 0 Å². The second-order valence-corrected chi connectivity index (χ2v) is 8.73. The van der Waals surface area contributed by atoms with Gasteiger partial charge in [0.05, 0.1) is 11.2 Å². The Morgan fingerprint density at radius 1 is 0.939 bits per heavy atom. The molecule has 9 nitrogen and oxygen atoms in total. The summed E-state index contributed by atoms with van der Waals surface area (Å²) in [5.74, 6) is 0.493. The molecule has 0 atom stereocenters. The van der Waals surface area contributed by atoms with E-state index in [4.69, 9.17) is 46.3 Å². The van der Waals surface area contributed by atoms with E-state index >= 15 is 0 Å². The summed E-state index contributed by atoms with van der Waals surface area (Å²) in [6.45, 7) is 3.38. The molecule has 2 amide bonds. The van der Waals surface area contributed by atoms with Crippen LogP contribution in [-0.2, 0) is 9.59 Å². The number of pyridine rings is 1. The van der Waals surface area contributed by atoms with Gasteiger partial charge in [0, 0.05) is 31.1 Å². The number of halogens is 3. The molecule has 0 saturated carbocycles. The van der Waals surface area contributed by atoms with E-state index in [-0.39, 0.29) is 23.7 Å². The molecular weight excluding hydrogens is 489 g/mol. The number of aromatic nitrogens is 3. The first-order valence-corrected chi connectivity index (χ1v) is 11.7. The van der Waals surface area contributed by atoms with Crippen molar-refractivity contribution in [3.63, 3.8) is 0 Å². The molecule has 0 radical (unpaired) electrons. The van der Waals surface area contributed by atoms with Crippen molar-refractivity contribution >= 4 is 52.4 Å². The summed E-state index contributed by atoms with van der Waals surface area (Å²) in [6, 6.07) is 3.42. The Hall–Kier alpha value is -2.20. The number of rotatable bonds is 3. The molecule has 0 unspecified atom stereocenters. The van der Waals surface area contributed by atoms with Crippen LogP contribution >= 0.6 is 34.8 Å². The standard InChI is InChI=1S/C10H13ClN4O.C6H12N2O.C5H3Cl2N/c11-8-5-13-6-14-10(8)15-3-1-7(2-4-15)9(12)16;7-6(9)5-1-3-8-4-2-5;6-4-2-1-3-8-5(4)7/h5-7H,1-4H2,(H2,12,16);5,8H,1-4H2,(H2,7,9);1-3H. The molecule has 180 valence electrons. The maximum absolute atomic E-state index is 11.0. The zero-order valence-electron chi connectivity index (χ0n) is 18.1. The molecule has 2 saturated heterocycles. The van der Waals surface area contributed by atoms with Crippen LogP contribution in [0, 0.1) is 11.8 Å². The smallest absolute Gasteiger partial charge is 0.220 e. The summed E-state index contributed by atoms with van der Waals surface area (Å²) in [5.41, 5.74) is 10.4. The van der Waals surface area contributed by atoms with Crippen molar-refractivity contribution in [2.75, 3.05) is 31.1 Å². The summed E-state index contributed by atoms with van der Waals surface area (Å²) >= 11 is 17.0. The van der Waals surface area contributed by atoms with Gasteiger partial charge in [-0.05, 0) is 50.9 Å². The molecule has 12 heteroatoms. The highest BCUT2D eigenvalue weighted by Gasteiger charge is 2.24. The second kappa shape index (κ2) is 14.1. The quantitative estimate of drug-likeness (QED) is 0.533. The zero-order chi connectivity index (χ0) is 24.2. The van der Waals surface area contributed by atoms with Crippen LogP contribution in [-0.4, -0.2) is 52.9 Å². The van der Waals surface area contributed by atoms with E-state index in [1.54, 1.807) is 24.5 Å². The van der Waals surface area contributed by atoms with Crippen LogP contribution in [0.1, 0.15) is 25.7 Å². The monoisotopic (exact) mass is 515 g/mol. The van der Waals surface area contributed by atoms with Crippen molar-refractivity contribution in [1.82, 2.24) is 20.3 Å². The normalized spacial score (nSPS) is 16.6. The molecule has 0 spiro atoms. The topological polar surface area (TPSA) is 140 Å². The second-order valence-electron chi connectivity index (χ2n) is 7.56. The molecule has 4 rings (SSSR count). The lowest BCUT2D eigenvalue weighted by molar-refractivity contribution is -0.123. The van der Waals surface area contributed by atoms with Crippen LogP contribution < -0.4 is 21.7 Å². The largest absolute Gasteiger partial charge is 0.369 e. The number of anilines is 1. The van der Waals surface area contributed by atoms with Crippen molar-refractivity contribution in [1.29, 1.82) is 0 Å². The van der Waals surface area contributed by atoms with Crippen LogP contribution in [0.15, 0.2) is 30.9 Å². The third kappa shape index (κ3) is 9.29. The molecule has 0 aromatic carbocycles. The summed E-state index contributed by atoms with van der Waals surface area (Å²) in [5, 5.41) is 4.55. The Kier molecular flexibility index (Phi) is 11.6. The first-order valence-electron chi connectivity index (χ1n) is 10.6. The van der Waals surface area contributed by atoms with Crippen molar-refractivity contribution in [3.8, 4) is 0 Å².